The third kappa shape index (κ3) is 2.23. The van der Waals surface area contributed by atoms with Crippen molar-refractivity contribution in [3.63, 3.8) is 0 Å². The summed E-state index contributed by atoms with van der Waals surface area (Å²) in [5, 5.41) is 4.56. The summed E-state index contributed by atoms with van der Waals surface area (Å²) >= 11 is 0.112. The van der Waals surface area contributed by atoms with Crippen LogP contribution in [0.3, 0.4) is 0 Å². The summed E-state index contributed by atoms with van der Waals surface area (Å²) in [5.74, 6) is 0. The molecule has 48 valence electrons. The van der Waals surface area contributed by atoms with Crippen LogP contribution in [0.1, 0.15) is 0 Å². The lowest BCUT2D eigenvalue weighted by molar-refractivity contribution is -0.0832. The Morgan fingerprint density at radius 1 is 1.50 bits per heavy atom. The molecule has 0 aliphatic rings. The SMILES string of the molecule is C=C(SN)C(F)(F)F. The van der Waals surface area contributed by atoms with Gasteiger partial charge in [0.15, 0.2) is 0 Å². The van der Waals surface area contributed by atoms with Gasteiger partial charge in [0.25, 0.3) is 0 Å². The molecular formula is C3H4F3NS. The molecule has 0 rings (SSSR count). The lowest BCUT2D eigenvalue weighted by atomic mass is 10.6. The van der Waals surface area contributed by atoms with Crippen LogP contribution < -0.4 is 5.14 Å². The molecule has 0 bridgehead atoms. The Kier molecular flexibility index (Phi) is 2.36. The van der Waals surface area contributed by atoms with Gasteiger partial charge in [-0.25, -0.2) is 0 Å². The highest BCUT2D eigenvalue weighted by molar-refractivity contribution is 8.01. The molecule has 0 radical (unpaired) electrons. The van der Waals surface area contributed by atoms with Crippen LogP contribution in [0.2, 0.25) is 0 Å². The summed E-state index contributed by atoms with van der Waals surface area (Å²) in [6, 6.07) is 0. The van der Waals surface area contributed by atoms with Gasteiger partial charge >= 0.3 is 6.18 Å². The van der Waals surface area contributed by atoms with Gasteiger partial charge in [-0.1, -0.05) is 6.58 Å². The van der Waals surface area contributed by atoms with Crippen molar-refractivity contribution in [2.75, 3.05) is 0 Å². The zero-order valence-electron chi connectivity index (χ0n) is 3.83. The molecule has 0 aromatic heterocycles. The summed E-state index contributed by atoms with van der Waals surface area (Å²) in [6.45, 7) is 2.66. The predicted molar refractivity (Wildman–Crippen MR) is 27.0 cm³/mol. The predicted octanol–water partition coefficient (Wildman–Crippen LogP) is 1.67. The molecule has 1 nitrogen and oxygen atoms in total. The fraction of sp³-hybridized carbons (Fsp3) is 0.333. The Labute approximate surface area is 48.9 Å². The topological polar surface area (TPSA) is 26.0 Å². The highest BCUT2D eigenvalue weighted by atomic mass is 32.2. The molecule has 0 aliphatic carbocycles. The molecule has 0 spiro atoms. The first kappa shape index (κ1) is 7.84. The van der Waals surface area contributed by atoms with Crippen molar-refractivity contribution in [3.8, 4) is 0 Å². The summed E-state index contributed by atoms with van der Waals surface area (Å²) in [6.07, 6.45) is -4.35. The Morgan fingerprint density at radius 2 is 1.88 bits per heavy atom. The van der Waals surface area contributed by atoms with E-state index in [1.165, 1.54) is 0 Å². The van der Waals surface area contributed by atoms with Crippen molar-refractivity contribution in [2.45, 2.75) is 6.18 Å². The molecule has 0 aromatic carbocycles. The fourth-order valence-electron chi connectivity index (χ4n) is 0.0668. The van der Waals surface area contributed by atoms with Crippen molar-refractivity contribution < 1.29 is 13.2 Å². The molecule has 8 heavy (non-hydrogen) atoms. The number of alkyl halides is 3. The third-order valence-electron chi connectivity index (χ3n) is 0.458. The van der Waals surface area contributed by atoms with Crippen molar-refractivity contribution >= 4 is 11.9 Å². The van der Waals surface area contributed by atoms with E-state index in [2.05, 4.69) is 11.7 Å². The van der Waals surface area contributed by atoms with E-state index in [0.29, 0.717) is 0 Å². The Bertz CT molecular complexity index is 97.2. The highest BCUT2D eigenvalue weighted by Crippen LogP contribution is 2.29. The van der Waals surface area contributed by atoms with Gasteiger partial charge in [0, 0.05) is 0 Å². The van der Waals surface area contributed by atoms with Gasteiger partial charge in [-0.3, -0.25) is 5.14 Å². The van der Waals surface area contributed by atoms with Crippen molar-refractivity contribution in [1.29, 1.82) is 0 Å². The van der Waals surface area contributed by atoms with Gasteiger partial charge in [-0.05, 0) is 11.9 Å². The molecule has 0 aromatic rings. The van der Waals surface area contributed by atoms with Crippen LogP contribution in [0.4, 0.5) is 13.2 Å². The maximum atomic E-state index is 11.2. The largest absolute Gasteiger partial charge is 0.422 e. The minimum absolute atomic E-state index is 0.112. The maximum Gasteiger partial charge on any atom is 0.422 e. The zero-order valence-corrected chi connectivity index (χ0v) is 4.64. The van der Waals surface area contributed by atoms with Crippen LogP contribution in [-0.4, -0.2) is 6.18 Å². The Balaban J connectivity index is 3.82. The average Bonchev–Trinajstić information content (AvgIpc) is 1.62. The van der Waals surface area contributed by atoms with E-state index in [-0.39, 0.29) is 11.9 Å². The van der Waals surface area contributed by atoms with E-state index >= 15 is 0 Å². The van der Waals surface area contributed by atoms with Crippen molar-refractivity contribution in [2.24, 2.45) is 5.14 Å². The summed E-state index contributed by atoms with van der Waals surface area (Å²) in [4.78, 5) is -0.975. The smallest absolute Gasteiger partial charge is 0.274 e. The lowest BCUT2D eigenvalue weighted by Gasteiger charge is -2.03. The third-order valence-corrected chi connectivity index (χ3v) is 0.974. The summed E-state index contributed by atoms with van der Waals surface area (Å²) in [7, 11) is 0. The molecule has 0 amide bonds. The van der Waals surface area contributed by atoms with Gasteiger partial charge in [0.05, 0.1) is 4.91 Å². The minimum atomic E-state index is -4.35. The zero-order chi connectivity index (χ0) is 6.78. The van der Waals surface area contributed by atoms with Crippen LogP contribution in [0.5, 0.6) is 0 Å². The normalized spacial score (nSPS) is 11.5. The van der Waals surface area contributed by atoms with E-state index in [4.69, 9.17) is 0 Å². The first-order chi connectivity index (χ1) is 3.48. The van der Waals surface area contributed by atoms with Crippen molar-refractivity contribution in [1.82, 2.24) is 0 Å². The van der Waals surface area contributed by atoms with E-state index in [0.717, 1.165) is 0 Å². The molecule has 0 heterocycles. The maximum absolute atomic E-state index is 11.2. The monoisotopic (exact) mass is 143 g/mol. The van der Waals surface area contributed by atoms with Gasteiger partial charge < -0.3 is 0 Å². The second-order valence-corrected chi connectivity index (χ2v) is 1.77. The van der Waals surface area contributed by atoms with Gasteiger partial charge in [-0.15, -0.1) is 0 Å². The number of allylic oxidation sites excluding steroid dienone is 1. The van der Waals surface area contributed by atoms with Gasteiger partial charge in [0.2, 0.25) is 0 Å². The number of hydrogen-bond donors (Lipinski definition) is 1. The summed E-state index contributed by atoms with van der Waals surface area (Å²) in [5.41, 5.74) is 0. The van der Waals surface area contributed by atoms with Crippen LogP contribution in [0.15, 0.2) is 11.5 Å². The lowest BCUT2D eigenvalue weighted by Crippen LogP contribution is -2.08. The van der Waals surface area contributed by atoms with E-state index in [1.54, 1.807) is 0 Å². The number of nitrogens with two attached hydrogens (primary N) is 1. The molecule has 0 saturated carbocycles. The van der Waals surface area contributed by atoms with E-state index in [1.807, 2.05) is 0 Å². The quantitative estimate of drug-likeness (QED) is 0.565. The van der Waals surface area contributed by atoms with E-state index < -0.39 is 11.1 Å². The molecular weight excluding hydrogens is 139 g/mol. The second kappa shape index (κ2) is 2.41. The van der Waals surface area contributed by atoms with Gasteiger partial charge in [-0.2, -0.15) is 13.2 Å². The average molecular weight is 143 g/mol. The standard InChI is InChI=1S/C3H4F3NS/c1-2(8-7)3(4,5)6/h1,7H2. The Hall–Kier alpha value is -0.160. The van der Waals surface area contributed by atoms with Gasteiger partial charge in [0.1, 0.15) is 0 Å². The molecule has 0 unspecified atom stereocenters. The molecule has 0 atom stereocenters. The second-order valence-electron chi connectivity index (χ2n) is 1.04. The number of hydrogen-bond acceptors (Lipinski definition) is 2. The fourth-order valence-corrected chi connectivity index (χ4v) is 0.200. The number of halogens is 3. The van der Waals surface area contributed by atoms with Crippen LogP contribution in [0.25, 0.3) is 0 Å². The Morgan fingerprint density at radius 3 is 1.88 bits per heavy atom. The van der Waals surface area contributed by atoms with Crippen molar-refractivity contribution in [3.05, 3.63) is 11.5 Å². The molecule has 0 saturated heterocycles. The molecule has 2 N–H and O–H groups in total. The van der Waals surface area contributed by atoms with Crippen LogP contribution in [-0.2, 0) is 0 Å². The summed E-state index contributed by atoms with van der Waals surface area (Å²) < 4.78 is 33.7. The molecule has 0 fully saturated rings. The van der Waals surface area contributed by atoms with Crippen LogP contribution in [0, 0.1) is 0 Å². The van der Waals surface area contributed by atoms with E-state index in [9.17, 15) is 13.2 Å². The molecule has 5 heteroatoms. The molecule has 0 aliphatic heterocycles. The van der Waals surface area contributed by atoms with Crippen LogP contribution >= 0.6 is 11.9 Å². The first-order valence-electron chi connectivity index (χ1n) is 1.61. The highest BCUT2D eigenvalue weighted by Gasteiger charge is 2.31. The number of rotatable bonds is 1. The minimum Gasteiger partial charge on any atom is -0.274 e. The first-order valence-corrected chi connectivity index (χ1v) is 2.49.